The molecular weight excluding hydrogens is 457 g/mol. The number of thiophene rings is 1. The molecule has 0 unspecified atom stereocenters. The van der Waals surface area contributed by atoms with Gasteiger partial charge in [-0.1, -0.05) is 18.2 Å². The van der Waals surface area contributed by atoms with Gasteiger partial charge < -0.3 is 24.6 Å². The van der Waals surface area contributed by atoms with Crippen molar-refractivity contribution in [2.24, 2.45) is 0 Å². The molecule has 1 aliphatic heterocycles. The highest BCUT2D eigenvalue weighted by Gasteiger charge is 2.25. The molecule has 4 rings (SSSR count). The number of hydrogen-bond acceptors (Lipinski definition) is 5. The van der Waals surface area contributed by atoms with Crippen molar-refractivity contribution in [3.63, 3.8) is 0 Å². The molecule has 0 spiro atoms. The van der Waals surface area contributed by atoms with Gasteiger partial charge in [-0.15, -0.1) is 11.3 Å². The minimum Gasteiger partial charge on any atom is -0.454 e. The first-order valence-electron chi connectivity index (χ1n) is 10.9. The lowest BCUT2D eigenvalue weighted by atomic mass is 10.2. The minimum atomic E-state index is -0.465. The number of nitrogens with one attached hydrogen (secondary N) is 1. The van der Waals surface area contributed by atoms with Crippen LogP contribution in [0.5, 0.6) is 11.5 Å². The highest BCUT2D eigenvalue weighted by molar-refractivity contribution is 7.09. The van der Waals surface area contributed by atoms with Crippen molar-refractivity contribution in [3.8, 4) is 11.5 Å². The van der Waals surface area contributed by atoms with Gasteiger partial charge in [-0.25, -0.2) is 9.18 Å². The number of hydrogen-bond donors (Lipinski definition) is 1. The van der Waals surface area contributed by atoms with Gasteiger partial charge in [-0.2, -0.15) is 0 Å². The highest BCUT2D eigenvalue weighted by Crippen LogP contribution is 2.33. The third kappa shape index (κ3) is 5.85. The Kier molecular flexibility index (Phi) is 7.32. The molecule has 0 radical (unpaired) electrons. The van der Waals surface area contributed by atoms with Crippen LogP contribution in [-0.2, 0) is 17.9 Å². The molecule has 2 heterocycles. The molecule has 9 heteroatoms. The second-order valence-electron chi connectivity index (χ2n) is 8.18. The molecule has 0 fully saturated rings. The number of rotatable bonds is 8. The number of nitrogens with zero attached hydrogens (tertiary/aromatic N) is 2. The zero-order valence-electron chi connectivity index (χ0n) is 19.0. The Morgan fingerprint density at radius 3 is 2.62 bits per heavy atom. The summed E-state index contributed by atoms with van der Waals surface area (Å²) in [5.41, 5.74) is 1.23. The minimum absolute atomic E-state index is 0.116. The van der Waals surface area contributed by atoms with E-state index in [2.05, 4.69) is 5.32 Å². The van der Waals surface area contributed by atoms with Crippen molar-refractivity contribution in [2.75, 3.05) is 18.7 Å². The highest BCUT2D eigenvalue weighted by atomic mass is 32.1. The summed E-state index contributed by atoms with van der Waals surface area (Å²) in [6, 6.07) is 14.5. The maximum Gasteiger partial charge on any atom is 0.322 e. The smallest absolute Gasteiger partial charge is 0.322 e. The Labute approximate surface area is 201 Å². The van der Waals surface area contributed by atoms with E-state index in [1.54, 1.807) is 22.3 Å². The van der Waals surface area contributed by atoms with Crippen molar-refractivity contribution >= 4 is 29.0 Å². The first-order valence-corrected chi connectivity index (χ1v) is 11.8. The van der Waals surface area contributed by atoms with Crippen molar-refractivity contribution in [3.05, 3.63) is 76.2 Å². The zero-order chi connectivity index (χ0) is 24.1. The fraction of sp³-hybridized carbons (Fsp3) is 0.280. The molecule has 2 aromatic carbocycles. The number of ether oxygens (including phenoxy) is 2. The van der Waals surface area contributed by atoms with Crippen LogP contribution in [-0.4, -0.2) is 41.1 Å². The normalized spacial score (nSPS) is 12.0. The summed E-state index contributed by atoms with van der Waals surface area (Å²) in [6.45, 7) is 4.50. The maximum atomic E-state index is 13.5. The first-order chi connectivity index (χ1) is 16.4. The second kappa shape index (κ2) is 10.6. The van der Waals surface area contributed by atoms with Crippen LogP contribution in [0.3, 0.4) is 0 Å². The number of amides is 3. The molecule has 0 bridgehead atoms. The van der Waals surface area contributed by atoms with Gasteiger partial charge in [0.05, 0.1) is 6.54 Å². The molecule has 7 nitrogen and oxygen atoms in total. The summed E-state index contributed by atoms with van der Waals surface area (Å²) in [4.78, 5) is 30.5. The van der Waals surface area contributed by atoms with Crippen LogP contribution in [0.1, 0.15) is 24.3 Å². The molecule has 1 N–H and O–H groups in total. The number of halogens is 1. The maximum absolute atomic E-state index is 13.5. The second-order valence-corrected chi connectivity index (χ2v) is 9.21. The monoisotopic (exact) mass is 483 g/mol. The van der Waals surface area contributed by atoms with Crippen molar-refractivity contribution in [1.29, 1.82) is 0 Å². The van der Waals surface area contributed by atoms with Gasteiger partial charge >= 0.3 is 6.03 Å². The molecule has 0 saturated heterocycles. The van der Waals surface area contributed by atoms with Gasteiger partial charge in [0.15, 0.2) is 11.5 Å². The van der Waals surface area contributed by atoms with E-state index in [9.17, 15) is 14.0 Å². The topological polar surface area (TPSA) is 71.1 Å². The largest absolute Gasteiger partial charge is 0.454 e. The van der Waals surface area contributed by atoms with E-state index >= 15 is 0 Å². The fourth-order valence-electron chi connectivity index (χ4n) is 3.58. The lowest BCUT2D eigenvalue weighted by Gasteiger charge is -2.30. The number of benzene rings is 2. The zero-order valence-corrected chi connectivity index (χ0v) is 19.8. The summed E-state index contributed by atoms with van der Waals surface area (Å²) >= 11 is 1.57. The molecule has 34 heavy (non-hydrogen) atoms. The van der Waals surface area contributed by atoms with E-state index in [-0.39, 0.29) is 25.3 Å². The Balaban J connectivity index is 1.50. The number of anilines is 1. The molecule has 0 aliphatic carbocycles. The van der Waals surface area contributed by atoms with E-state index in [1.165, 1.54) is 23.1 Å². The summed E-state index contributed by atoms with van der Waals surface area (Å²) in [5, 5.41) is 4.64. The third-order valence-electron chi connectivity index (χ3n) is 5.36. The molecular formula is C25H26FN3O4S. The Morgan fingerprint density at radius 1 is 1.06 bits per heavy atom. The summed E-state index contributed by atoms with van der Waals surface area (Å²) in [5.74, 6) is 0.684. The summed E-state index contributed by atoms with van der Waals surface area (Å²) < 4.78 is 24.4. The Hall–Kier alpha value is -3.59. The van der Waals surface area contributed by atoms with E-state index in [0.717, 1.165) is 10.4 Å². The lowest BCUT2D eigenvalue weighted by Crippen LogP contribution is -2.47. The first kappa shape index (κ1) is 23.6. The van der Waals surface area contributed by atoms with E-state index in [1.807, 2.05) is 49.6 Å². The molecule has 1 aromatic heterocycles. The SMILES string of the molecule is CC(C)N(CC(=O)N(Cc1ccc2c(c1)OCO2)Cc1cccs1)C(=O)Nc1cccc(F)c1. The van der Waals surface area contributed by atoms with Gasteiger partial charge in [0.1, 0.15) is 12.4 Å². The average Bonchev–Trinajstić information content (AvgIpc) is 3.48. The summed E-state index contributed by atoms with van der Waals surface area (Å²) in [7, 11) is 0. The van der Waals surface area contributed by atoms with Crippen LogP contribution in [0.15, 0.2) is 60.0 Å². The van der Waals surface area contributed by atoms with Crippen LogP contribution in [0, 0.1) is 5.82 Å². The van der Waals surface area contributed by atoms with Crippen molar-refractivity contribution in [1.82, 2.24) is 9.80 Å². The van der Waals surface area contributed by atoms with Gasteiger partial charge in [-0.05, 0) is 61.2 Å². The van der Waals surface area contributed by atoms with Crippen LogP contribution < -0.4 is 14.8 Å². The lowest BCUT2D eigenvalue weighted by molar-refractivity contribution is -0.133. The number of fused-ring (bicyclic) bond motifs is 1. The van der Waals surface area contributed by atoms with Gasteiger partial charge in [0.2, 0.25) is 12.7 Å². The molecule has 178 valence electrons. The van der Waals surface area contributed by atoms with Gasteiger partial charge in [-0.3, -0.25) is 4.79 Å². The number of carbonyl (C=O) groups excluding carboxylic acids is 2. The summed E-state index contributed by atoms with van der Waals surface area (Å²) in [6.07, 6.45) is 0. The molecule has 3 aromatic rings. The van der Waals surface area contributed by atoms with E-state index in [4.69, 9.17) is 9.47 Å². The van der Waals surface area contributed by atoms with Crippen LogP contribution >= 0.6 is 11.3 Å². The predicted octanol–water partition coefficient (Wildman–Crippen LogP) is 5.09. The van der Waals surface area contributed by atoms with E-state index in [0.29, 0.717) is 30.3 Å². The third-order valence-corrected chi connectivity index (χ3v) is 6.22. The van der Waals surface area contributed by atoms with Crippen LogP contribution in [0.2, 0.25) is 0 Å². The van der Waals surface area contributed by atoms with Crippen LogP contribution in [0.4, 0.5) is 14.9 Å². The molecule has 1 aliphatic rings. The fourth-order valence-corrected chi connectivity index (χ4v) is 4.30. The number of carbonyl (C=O) groups is 2. The molecule has 0 saturated carbocycles. The van der Waals surface area contributed by atoms with Gasteiger partial charge in [0.25, 0.3) is 0 Å². The standard InChI is InChI=1S/C25H26FN3O4S/c1-17(2)29(25(31)27-20-6-3-5-19(26)12-20)15-24(30)28(14-21-7-4-10-34-21)13-18-8-9-22-23(11-18)33-16-32-22/h3-12,17H,13-16H2,1-2H3,(H,27,31). The van der Waals surface area contributed by atoms with Crippen molar-refractivity contribution < 1.29 is 23.5 Å². The van der Waals surface area contributed by atoms with Gasteiger partial charge in [0, 0.05) is 23.2 Å². The Bertz CT molecular complexity index is 1150. The predicted molar refractivity (Wildman–Crippen MR) is 128 cm³/mol. The quantitative estimate of drug-likeness (QED) is 0.485. The Morgan fingerprint density at radius 2 is 1.88 bits per heavy atom. The number of urea groups is 1. The van der Waals surface area contributed by atoms with E-state index < -0.39 is 11.8 Å². The van der Waals surface area contributed by atoms with Crippen LogP contribution in [0.25, 0.3) is 0 Å². The van der Waals surface area contributed by atoms with Crippen molar-refractivity contribution in [2.45, 2.75) is 33.0 Å². The average molecular weight is 484 g/mol. The molecule has 0 atom stereocenters. The molecule has 3 amide bonds.